The standard InChI is InChI=1S/C24H23Cl2F3N4O2/c1-14(15-4-6-17(25)7-5-15)19(16-8-18(26)11-30-10-16)12-31-22(34)23(2,3)35-21-9-20(24(27,28)29)32-13-33-21/h4-11,13-14,19H,12H2,1-3H3,(H,31,34). The van der Waals surface area contributed by atoms with Crippen molar-refractivity contribution in [3.05, 3.63) is 82.0 Å². The van der Waals surface area contributed by atoms with Crippen LogP contribution in [0.15, 0.2) is 55.1 Å². The van der Waals surface area contributed by atoms with E-state index in [1.807, 2.05) is 19.1 Å². The van der Waals surface area contributed by atoms with Crippen LogP contribution in [-0.2, 0) is 11.0 Å². The molecule has 35 heavy (non-hydrogen) atoms. The maximum absolute atomic E-state index is 13.0. The summed E-state index contributed by atoms with van der Waals surface area (Å²) < 4.78 is 44.4. The second kappa shape index (κ2) is 10.8. The molecule has 2 unspecified atom stereocenters. The number of amides is 1. The van der Waals surface area contributed by atoms with E-state index in [2.05, 4.69) is 20.3 Å². The first-order valence-electron chi connectivity index (χ1n) is 10.6. The summed E-state index contributed by atoms with van der Waals surface area (Å²) in [7, 11) is 0. The molecule has 0 aliphatic heterocycles. The number of aromatic nitrogens is 3. The number of carbonyl (C=O) groups is 1. The van der Waals surface area contributed by atoms with Gasteiger partial charge in [-0.2, -0.15) is 13.2 Å². The zero-order valence-electron chi connectivity index (χ0n) is 19.1. The summed E-state index contributed by atoms with van der Waals surface area (Å²) in [6.45, 7) is 5.07. The molecule has 1 amide bonds. The van der Waals surface area contributed by atoms with Crippen molar-refractivity contribution in [2.24, 2.45) is 0 Å². The van der Waals surface area contributed by atoms with Gasteiger partial charge in [0, 0.05) is 35.9 Å². The number of nitrogens with one attached hydrogen (secondary N) is 1. The third-order valence-corrected chi connectivity index (χ3v) is 5.93. The molecule has 0 fully saturated rings. The second-order valence-corrected chi connectivity index (χ2v) is 9.32. The van der Waals surface area contributed by atoms with Crippen LogP contribution in [0.2, 0.25) is 10.0 Å². The van der Waals surface area contributed by atoms with Crippen LogP contribution in [0.4, 0.5) is 13.2 Å². The SMILES string of the molecule is CC(c1ccc(Cl)cc1)C(CNC(=O)C(C)(C)Oc1cc(C(F)(F)F)ncn1)c1cncc(Cl)c1. The van der Waals surface area contributed by atoms with E-state index < -0.39 is 23.4 Å². The highest BCUT2D eigenvalue weighted by Crippen LogP contribution is 2.34. The van der Waals surface area contributed by atoms with E-state index >= 15 is 0 Å². The van der Waals surface area contributed by atoms with Crippen LogP contribution in [0.5, 0.6) is 5.88 Å². The normalized spacial score (nSPS) is 13.7. The molecule has 0 saturated heterocycles. The molecule has 3 rings (SSSR count). The zero-order valence-corrected chi connectivity index (χ0v) is 20.6. The molecule has 2 heterocycles. The molecule has 1 aromatic carbocycles. The van der Waals surface area contributed by atoms with Gasteiger partial charge in [0.15, 0.2) is 11.3 Å². The predicted octanol–water partition coefficient (Wildman–Crippen LogP) is 6.06. The van der Waals surface area contributed by atoms with Gasteiger partial charge >= 0.3 is 6.18 Å². The van der Waals surface area contributed by atoms with Gasteiger partial charge in [0.25, 0.3) is 5.91 Å². The molecule has 2 aromatic heterocycles. The van der Waals surface area contributed by atoms with Gasteiger partial charge in [-0.3, -0.25) is 9.78 Å². The van der Waals surface area contributed by atoms with E-state index in [-0.39, 0.29) is 24.3 Å². The van der Waals surface area contributed by atoms with E-state index in [0.29, 0.717) is 16.1 Å². The maximum atomic E-state index is 13.0. The number of alkyl halides is 3. The van der Waals surface area contributed by atoms with E-state index in [1.165, 1.54) is 20.0 Å². The van der Waals surface area contributed by atoms with Crippen molar-refractivity contribution < 1.29 is 22.7 Å². The van der Waals surface area contributed by atoms with Crippen molar-refractivity contribution in [2.45, 2.75) is 44.4 Å². The van der Waals surface area contributed by atoms with Crippen molar-refractivity contribution in [1.82, 2.24) is 20.3 Å². The van der Waals surface area contributed by atoms with Crippen LogP contribution in [0.1, 0.15) is 49.4 Å². The van der Waals surface area contributed by atoms with Crippen LogP contribution >= 0.6 is 23.2 Å². The highest BCUT2D eigenvalue weighted by Gasteiger charge is 2.35. The lowest BCUT2D eigenvalue weighted by atomic mass is 9.83. The summed E-state index contributed by atoms with van der Waals surface area (Å²) in [4.78, 5) is 24.1. The molecule has 6 nitrogen and oxygen atoms in total. The molecule has 2 atom stereocenters. The van der Waals surface area contributed by atoms with E-state index in [9.17, 15) is 18.0 Å². The molecule has 11 heteroatoms. The van der Waals surface area contributed by atoms with Crippen molar-refractivity contribution in [2.75, 3.05) is 6.54 Å². The minimum absolute atomic E-state index is 0.0620. The van der Waals surface area contributed by atoms with Gasteiger partial charge in [-0.1, -0.05) is 42.3 Å². The fourth-order valence-electron chi connectivity index (χ4n) is 3.49. The maximum Gasteiger partial charge on any atom is 0.433 e. The van der Waals surface area contributed by atoms with Crippen LogP contribution in [0.25, 0.3) is 0 Å². The van der Waals surface area contributed by atoms with Crippen molar-refractivity contribution in [3.8, 4) is 5.88 Å². The van der Waals surface area contributed by atoms with E-state index in [0.717, 1.165) is 17.5 Å². The summed E-state index contributed by atoms with van der Waals surface area (Å²) >= 11 is 12.2. The van der Waals surface area contributed by atoms with Crippen LogP contribution in [0.3, 0.4) is 0 Å². The largest absolute Gasteiger partial charge is 0.461 e. The molecule has 0 spiro atoms. The summed E-state index contributed by atoms with van der Waals surface area (Å²) in [6.07, 6.45) is -0.733. The van der Waals surface area contributed by atoms with E-state index in [4.69, 9.17) is 27.9 Å². The Morgan fingerprint density at radius 3 is 2.34 bits per heavy atom. The number of hydrogen-bond donors (Lipinski definition) is 1. The topological polar surface area (TPSA) is 77.0 Å². The Hall–Kier alpha value is -2.91. The van der Waals surface area contributed by atoms with Crippen molar-refractivity contribution in [3.63, 3.8) is 0 Å². The molecule has 0 bridgehead atoms. The Kier molecular flexibility index (Phi) is 8.22. The minimum atomic E-state index is -4.66. The van der Waals surface area contributed by atoms with Crippen molar-refractivity contribution in [1.29, 1.82) is 0 Å². The molecule has 3 aromatic rings. The van der Waals surface area contributed by atoms with Crippen LogP contribution in [0, 0.1) is 0 Å². The van der Waals surface area contributed by atoms with E-state index in [1.54, 1.807) is 24.4 Å². The zero-order chi connectivity index (χ0) is 25.8. The summed E-state index contributed by atoms with van der Waals surface area (Å²) in [5, 5.41) is 3.90. The summed E-state index contributed by atoms with van der Waals surface area (Å²) in [6, 6.07) is 9.80. The van der Waals surface area contributed by atoms with Gasteiger partial charge in [-0.15, -0.1) is 0 Å². The van der Waals surface area contributed by atoms with Crippen LogP contribution < -0.4 is 10.1 Å². The molecular formula is C24H23Cl2F3N4O2. The smallest absolute Gasteiger partial charge is 0.433 e. The average Bonchev–Trinajstić information content (AvgIpc) is 2.79. The van der Waals surface area contributed by atoms with Gasteiger partial charge in [-0.05, 0) is 49.1 Å². The fourth-order valence-corrected chi connectivity index (χ4v) is 3.79. The Morgan fingerprint density at radius 2 is 1.71 bits per heavy atom. The number of carbonyl (C=O) groups excluding carboxylic acids is 1. The third kappa shape index (κ3) is 7.05. The minimum Gasteiger partial charge on any atom is -0.461 e. The molecular weight excluding hydrogens is 504 g/mol. The number of halogens is 5. The lowest BCUT2D eigenvalue weighted by molar-refractivity contribution is -0.141. The first-order valence-corrected chi connectivity index (χ1v) is 11.3. The number of nitrogens with zero attached hydrogens (tertiary/aromatic N) is 3. The van der Waals surface area contributed by atoms with Crippen molar-refractivity contribution >= 4 is 29.1 Å². The number of ether oxygens (including phenoxy) is 1. The highest BCUT2D eigenvalue weighted by atomic mass is 35.5. The molecule has 0 radical (unpaired) electrons. The summed E-state index contributed by atoms with van der Waals surface area (Å²) in [5.41, 5.74) is -0.879. The summed E-state index contributed by atoms with van der Waals surface area (Å²) in [5.74, 6) is -1.18. The molecule has 1 N–H and O–H groups in total. The van der Waals surface area contributed by atoms with Gasteiger partial charge < -0.3 is 10.1 Å². The molecule has 0 aliphatic rings. The van der Waals surface area contributed by atoms with Gasteiger partial charge in [0.2, 0.25) is 5.88 Å². The molecule has 0 aliphatic carbocycles. The number of benzene rings is 1. The Morgan fingerprint density at radius 1 is 1.03 bits per heavy atom. The third-order valence-electron chi connectivity index (χ3n) is 5.48. The predicted molar refractivity (Wildman–Crippen MR) is 127 cm³/mol. The molecule has 186 valence electrons. The fraction of sp³-hybridized carbons (Fsp3) is 0.333. The lowest BCUT2D eigenvalue weighted by Gasteiger charge is -2.29. The second-order valence-electron chi connectivity index (χ2n) is 8.44. The first kappa shape index (κ1) is 26.7. The number of rotatable bonds is 8. The quantitative estimate of drug-likeness (QED) is 0.386. The van der Waals surface area contributed by atoms with Gasteiger partial charge in [-0.25, -0.2) is 9.97 Å². The van der Waals surface area contributed by atoms with Gasteiger partial charge in [0.05, 0.1) is 5.02 Å². The highest BCUT2D eigenvalue weighted by molar-refractivity contribution is 6.30. The van der Waals surface area contributed by atoms with Crippen LogP contribution in [-0.4, -0.2) is 33.0 Å². The first-order chi connectivity index (χ1) is 16.4. The Bertz CT molecular complexity index is 1170. The lowest BCUT2D eigenvalue weighted by Crippen LogP contribution is -2.48. The average molecular weight is 527 g/mol. The van der Waals surface area contributed by atoms with Gasteiger partial charge in [0.1, 0.15) is 6.33 Å². The Labute approximate surface area is 210 Å². The monoisotopic (exact) mass is 526 g/mol. The number of pyridine rings is 1. The Balaban J connectivity index is 1.78. The number of hydrogen-bond acceptors (Lipinski definition) is 5. The molecule has 0 saturated carbocycles.